The normalized spacial score (nSPS) is 18.6. The largest absolute Gasteiger partial charge is 0.365 e. The zero-order valence-electron chi connectivity index (χ0n) is 15.5. The molecule has 4 rings (SSSR count). The van der Waals surface area contributed by atoms with Crippen molar-refractivity contribution in [3.63, 3.8) is 0 Å². The number of hydrogen-bond donors (Lipinski definition) is 1. The van der Waals surface area contributed by atoms with Crippen LogP contribution in [0.4, 0.5) is 5.69 Å². The van der Waals surface area contributed by atoms with E-state index in [4.69, 9.17) is 4.74 Å². The highest BCUT2D eigenvalue weighted by Crippen LogP contribution is 2.24. The summed E-state index contributed by atoms with van der Waals surface area (Å²) in [6.45, 7) is 3.56. The third-order valence-electron chi connectivity index (χ3n) is 5.14. The van der Waals surface area contributed by atoms with Gasteiger partial charge >= 0.3 is 0 Å². The second kappa shape index (κ2) is 7.91. The smallest absolute Gasteiger partial charge is 0.253 e. The number of nitrogens with one attached hydrogen (secondary N) is 1. The minimum atomic E-state index is -0.0275. The van der Waals surface area contributed by atoms with Crippen LogP contribution >= 0.6 is 0 Å². The summed E-state index contributed by atoms with van der Waals surface area (Å²) in [4.78, 5) is 14.0. The van der Waals surface area contributed by atoms with Crippen LogP contribution in [0.15, 0.2) is 72.8 Å². The van der Waals surface area contributed by atoms with Crippen LogP contribution in [0, 0.1) is 0 Å². The van der Waals surface area contributed by atoms with Crippen LogP contribution in [-0.4, -0.2) is 31.7 Å². The van der Waals surface area contributed by atoms with Gasteiger partial charge in [0.2, 0.25) is 0 Å². The van der Waals surface area contributed by atoms with E-state index in [-0.39, 0.29) is 24.7 Å². The highest BCUT2D eigenvalue weighted by molar-refractivity contribution is 5.95. The van der Waals surface area contributed by atoms with Crippen molar-refractivity contribution >= 4 is 22.4 Å². The third kappa shape index (κ3) is 3.87. The van der Waals surface area contributed by atoms with Gasteiger partial charge in [-0.25, -0.2) is 0 Å². The second-order valence-electron chi connectivity index (χ2n) is 6.97. The molecule has 1 unspecified atom stereocenters. The Kier molecular flexibility index (Phi) is 5.19. The van der Waals surface area contributed by atoms with Gasteiger partial charge in [-0.15, -0.1) is 0 Å². The van der Waals surface area contributed by atoms with E-state index in [1.54, 1.807) is 0 Å². The number of anilines is 1. The molecule has 138 valence electrons. The molecule has 1 heterocycles. The Morgan fingerprint density at radius 1 is 1.04 bits per heavy atom. The molecule has 0 bridgehead atoms. The number of morpholine rings is 1. The van der Waals surface area contributed by atoms with E-state index >= 15 is 0 Å². The Balaban J connectivity index is 1.43. The molecule has 3 aromatic carbocycles. The van der Waals surface area contributed by atoms with E-state index in [2.05, 4.69) is 54.7 Å². The fraction of sp³-hybridized carbons (Fsp3) is 0.261. The summed E-state index contributed by atoms with van der Waals surface area (Å²) < 4.78 is 5.76. The van der Waals surface area contributed by atoms with Crippen molar-refractivity contribution in [2.24, 2.45) is 0 Å². The van der Waals surface area contributed by atoms with Gasteiger partial charge in [-0.3, -0.25) is 4.79 Å². The van der Waals surface area contributed by atoms with Gasteiger partial charge in [-0.05, 0) is 35.4 Å². The first-order valence-electron chi connectivity index (χ1n) is 9.40. The topological polar surface area (TPSA) is 41.6 Å². The van der Waals surface area contributed by atoms with Crippen LogP contribution in [0.5, 0.6) is 0 Å². The molecule has 3 aromatic rings. The number of fused-ring (bicyclic) bond motifs is 1. The number of amides is 1. The number of rotatable bonds is 5. The van der Waals surface area contributed by atoms with E-state index in [0.29, 0.717) is 13.1 Å². The monoisotopic (exact) mass is 360 g/mol. The first-order chi connectivity index (χ1) is 13.2. The van der Waals surface area contributed by atoms with E-state index < -0.39 is 0 Å². The number of nitrogens with zero attached hydrogens (tertiary/aromatic N) is 1. The van der Waals surface area contributed by atoms with Crippen LogP contribution in [0.1, 0.15) is 18.5 Å². The van der Waals surface area contributed by atoms with E-state index in [9.17, 15) is 4.79 Å². The Morgan fingerprint density at radius 3 is 2.63 bits per heavy atom. The van der Waals surface area contributed by atoms with Crippen molar-refractivity contribution in [2.45, 2.75) is 19.1 Å². The second-order valence-corrected chi connectivity index (χ2v) is 6.97. The van der Waals surface area contributed by atoms with Gasteiger partial charge in [0.25, 0.3) is 5.91 Å². The van der Waals surface area contributed by atoms with Crippen LogP contribution in [0.3, 0.4) is 0 Å². The molecule has 1 amide bonds. The minimum absolute atomic E-state index is 0.0135. The molecule has 4 heteroatoms. The van der Waals surface area contributed by atoms with Crippen molar-refractivity contribution in [1.82, 2.24) is 5.32 Å². The Bertz CT molecular complexity index is 921. The molecule has 1 fully saturated rings. The quantitative estimate of drug-likeness (QED) is 0.750. The molecule has 0 aromatic heterocycles. The number of para-hydroxylation sites is 1. The highest BCUT2D eigenvalue weighted by Gasteiger charge is 2.27. The van der Waals surface area contributed by atoms with Gasteiger partial charge in [-0.1, -0.05) is 60.7 Å². The van der Waals surface area contributed by atoms with Crippen molar-refractivity contribution < 1.29 is 9.53 Å². The maximum atomic E-state index is 12.2. The van der Waals surface area contributed by atoms with Gasteiger partial charge < -0.3 is 15.0 Å². The standard InChI is InChI=1S/C23H24N2O2/c1-17(21-13-7-9-18-8-5-6-12-22(18)21)24-14-20-15-25(23(26)16-27-20)19-10-3-2-4-11-19/h2-13,17,20,24H,14-16H2,1H3/t17-,20?/m1/s1. The lowest BCUT2D eigenvalue weighted by Gasteiger charge is -2.33. The average Bonchev–Trinajstić information content (AvgIpc) is 2.73. The van der Waals surface area contributed by atoms with Gasteiger partial charge in [0, 0.05) is 18.3 Å². The van der Waals surface area contributed by atoms with Crippen LogP contribution in [0.2, 0.25) is 0 Å². The van der Waals surface area contributed by atoms with Crippen LogP contribution < -0.4 is 10.2 Å². The molecule has 0 saturated carbocycles. The van der Waals surface area contributed by atoms with Crippen molar-refractivity contribution in [3.05, 3.63) is 78.4 Å². The number of ether oxygens (including phenoxy) is 1. The molecule has 27 heavy (non-hydrogen) atoms. The molecule has 0 aliphatic carbocycles. The molecule has 0 radical (unpaired) electrons. The summed E-state index contributed by atoms with van der Waals surface area (Å²) in [5, 5.41) is 6.10. The summed E-state index contributed by atoms with van der Waals surface area (Å²) in [5.74, 6) is 0.0135. The SMILES string of the molecule is C[C@@H](NCC1CN(c2ccccc2)C(=O)CO1)c1cccc2ccccc12. The maximum absolute atomic E-state index is 12.2. The molecular weight excluding hydrogens is 336 g/mol. The van der Waals surface area contributed by atoms with E-state index in [1.165, 1.54) is 16.3 Å². The van der Waals surface area contributed by atoms with Crippen LogP contribution in [-0.2, 0) is 9.53 Å². The number of hydrogen-bond acceptors (Lipinski definition) is 3. The number of benzene rings is 3. The summed E-state index contributed by atoms with van der Waals surface area (Å²) in [7, 11) is 0. The zero-order chi connectivity index (χ0) is 18.6. The number of carbonyl (C=O) groups is 1. The molecule has 0 spiro atoms. The molecular formula is C23H24N2O2. The summed E-state index contributed by atoms with van der Waals surface area (Å²) in [5.41, 5.74) is 2.21. The Labute approximate surface area is 159 Å². The highest BCUT2D eigenvalue weighted by atomic mass is 16.5. The molecule has 2 atom stereocenters. The van der Waals surface area contributed by atoms with Crippen molar-refractivity contribution in [3.8, 4) is 0 Å². The fourth-order valence-electron chi connectivity index (χ4n) is 3.65. The third-order valence-corrected chi connectivity index (χ3v) is 5.14. The Morgan fingerprint density at radius 2 is 1.78 bits per heavy atom. The van der Waals surface area contributed by atoms with Crippen LogP contribution in [0.25, 0.3) is 10.8 Å². The summed E-state index contributed by atoms with van der Waals surface area (Å²) in [6.07, 6.45) is -0.0275. The summed E-state index contributed by atoms with van der Waals surface area (Å²) in [6, 6.07) is 24.8. The minimum Gasteiger partial charge on any atom is -0.365 e. The molecule has 4 nitrogen and oxygen atoms in total. The average molecular weight is 360 g/mol. The van der Waals surface area contributed by atoms with Gasteiger partial charge in [0.1, 0.15) is 6.61 Å². The number of carbonyl (C=O) groups excluding carboxylic acids is 1. The van der Waals surface area contributed by atoms with E-state index in [1.807, 2.05) is 35.2 Å². The lowest BCUT2D eigenvalue weighted by Crippen LogP contribution is -2.50. The molecule has 1 saturated heterocycles. The van der Waals surface area contributed by atoms with E-state index in [0.717, 1.165) is 5.69 Å². The molecule has 1 aliphatic rings. The lowest BCUT2D eigenvalue weighted by molar-refractivity contribution is -0.129. The van der Waals surface area contributed by atoms with Gasteiger partial charge in [0.15, 0.2) is 0 Å². The maximum Gasteiger partial charge on any atom is 0.253 e. The first-order valence-corrected chi connectivity index (χ1v) is 9.40. The first kappa shape index (κ1) is 17.7. The van der Waals surface area contributed by atoms with Gasteiger partial charge in [0.05, 0.1) is 12.6 Å². The zero-order valence-corrected chi connectivity index (χ0v) is 15.5. The molecule has 1 N–H and O–H groups in total. The van der Waals surface area contributed by atoms with Crippen molar-refractivity contribution in [1.29, 1.82) is 0 Å². The molecule has 1 aliphatic heterocycles. The van der Waals surface area contributed by atoms with Crippen molar-refractivity contribution in [2.75, 3.05) is 24.6 Å². The predicted octanol–water partition coefficient (Wildman–Crippen LogP) is 3.92. The fourth-order valence-corrected chi connectivity index (χ4v) is 3.65. The predicted molar refractivity (Wildman–Crippen MR) is 109 cm³/mol. The Hall–Kier alpha value is -2.69. The lowest BCUT2D eigenvalue weighted by atomic mass is 9.99. The van der Waals surface area contributed by atoms with Gasteiger partial charge in [-0.2, -0.15) is 0 Å². The summed E-state index contributed by atoms with van der Waals surface area (Å²) >= 11 is 0.